The van der Waals surface area contributed by atoms with Crippen LogP contribution in [0.25, 0.3) is 0 Å². The Balaban J connectivity index is 2.15. The number of amides is 1. The molecule has 0 saturated heterocycles. The number of nitrogens with zero attached hydrogens (tertiary/aromatic N) is 2. The Hall–Kier alpha value is -2.35. The van der Waals surface area contributed by atoms with Gasteiger partial charge in [0.05, 0.1) is 23.5 Å². The van der Waals surface area contributed by atoms with E-state index >= 15 is 0 Å². The van der Waals surface area contributed by atoms with E-state index in [9.17, 15) is 9.59 Å². The molecule has 1 N–H and O–H groups in total. The summed E-state index contributed by atoms with van der Waals surface area (Å²) in [5, 5.41) is 17.9. The molecule has 2 rings (SSSR count). The van der Waals surface area contributed by atoms with E-state index in [1.807, 2.05) is 6.07 Å². The van der Waals surface area contributed by atoms with Crippen LogP contribution >= 0.6 is 0 Å². The third-order valence-electron chi connectivity index (χ3n) is 3.86. The van der Waals surface area contributed by atoms with Gasteiger partial charge in [-0.3, -0.25) is 9.59 Å². The summed E-state index contributed by atoms with van der Waals surface area (Å²) in [4.78, 5) is 25.0. The number of hydrogen-bond donors (Lipinski definition) is 1. The molecule has 1 aliphatic carbocycles. The van der Waals surface area contributed by atoms with Crippen molar-refractivity contribution in [3.05, 3.63) is 29.8 Å². The Kier molecular flexibility index (Phi) is 4.04. The van der Waals surface area contributed by atoms with Gasteiger partial charge in [0.1, 0.15) is 0 Å². The van der Waals surface area contributed by atoms with E-state index in [4.69, 9.17) is 10.4 Å². The van der Waals surface area contributed by atoms with Crippen LogP contribution in [0, 0.1) is 23.2 Å². The normalized spacial score (nSPS) is 21.2. The molecule has 20 heavy (non-hydrogen) atoms. The summed E-state index contributed by atoms with van der Waals surface area (Å²) < 4.78 is 0. The number of benzene rings is 1. The van der Waals surface area contributed by atoms with Crippen LogP contribution < -0.4 is 4.90 Å². The molecule has 0 unspecified atom stereocenters. The lowest BCUT2D eigenvalue weighted by Crippen LogP contribution is -2.36. The molecule has 0 heterocycles. The van der Waals surface area contributed by atoms with Crippen LogP contribution in [0.15, 0.2) is 24.3 Å². The smallest absolute Gasteiger partial charge is 0.307 e. The number of anilines is 1. The largest absolute Gasteiger partial charge is 0.481 e. The molecule has 1 fully saturated rings. The van der Waals surface area contributed by atoms with Crippen LogP contribution in [0.4, 0.5) is 5.69 Å². The van der Waals surface area contributed by atoms with E-state index in [0.29, 0.717) is 24.1 Å². The fourth-order valence-electron chi connectivity index (χ4n) is 2.69. The average molecular weight is 272 g/mol. The van der Waals surface area contributed by atoms with Crippen molar-refractivity contribution in [3.63, 3.8) is 0 Å². The Morgan fingerprint density at radius 1 is 1.25 bits per heavy atom. The minimum absolute atomic E-state index is 0.167. The number of carbonyl (C=O) groups excluding carboxylic acids is 1. The van der Waals surface area contributed by atoms with Crippen LogP contribution in [0.2, 0.25) is 0 Å². The van der Waals surface area contributed by atoms with Crippen molar-refractivity contribution in [2.75, 3.05) is 11.9 Å². The second-order valence-corrected chi connectivity index (χ2v) is 5.04. The Bertz CT molecular complexity index is 559. The number of hydrogen-bond acceptors (Lipinski definition) is 3. The first-order chi connectivity index (χ1) is 9.54. The Morgan fingerprint density at radius 2 is 1.85 bits per heavy atom. The maximum absolute atomic E-state index is 12.4. The lowest BCUT2D eigenvalue weighted by atomic mass is 9.94. The van der Waals surface area contributed by atoms with Crippen molar-refractivity contribution >= 4 is 17.6 Å². The van der Waals surface area contributed by atoms with Gasteiger partial charge in [0.2, 0.25) is 5.91 Å². The SMILES string of the molecule is CN(C(=O)[C@@H]1CCC[C@@H]1C(=O)O)c1ccc(C#N)cc1. The second kappa shape index (κ2) is 5.74. The van der Waals surface area contributed by atoms with Gasteiger partial charge in [0.25, 0.3) is 0 Å². The molecule has 1 aromatic carbocycles. The van der Waals surface area contributed by atoms with Gasteiger partial charge in [-0.1, -0.05) is 6.42 Å². The second-order valence-electron chi connectivity index (χ2n) is 5.04. The van der Waals surface area contributed by atoms with Crippen molar-refractivity contribution < 1.29 is 14.7 Å². The molecule has 1 aliphatic rings. The van der Waals surface area contributed by atoms with Gasteiger partial charge in [-0.05, 0) is 37.1 Å². The molecule has 0 bridgehead atoms. The van der Waals surface area contributed by atoms with Crippen LogP contribution in [0.5, 0.6) is 0 Å². The van der Waals surface area contributed by atoms with Crippen molar-refractivity contribution in [3.8, 4) is 6.07 Å². The summed E-state index contributed by atoms with van der Waals surface area (Å²) in [6, 6.07) is 8.69. The highest BCUT2D eigenvalue weighted by atomic mass is 16.4. The van der Waals surface area contributed by atoms with E-state index < -0.39 is 17.8 Å². The summed E-state index contributed by atoms with van der Waals surface area (Å²) in [6.45, 7) is 0. The Labute approximate surface area is 117 Å². The van der Waals surface area contributed by atoms with Crippen molar-refractivity contribution in [1.82, 2.24) is 0 Å². The van der Waals surface area contributed by atoms with Gasteiger partial charge in [0, 0.05) is 12.7 Å². The first-order valence-corrected chi connectivity index (χ1v) is 6.55. The number of rotatable bonds is 3. The summed E-state index contributed by atoms with van der Waals surface area (Å²) in [6.07, 6.45) is 1.96. The fraction of sp³-hybridized carbons (Fsp3) is 0.400. The molecular weight excluding hydrogens is 256 g/mol. The fourth-order valence-corrected chi connectivity index (χ4v) is 2.69. The van der Waals surface area contributed by atoms with Gasteiger partial charge in [-0.25, -0.2) is 0 Å². The third kappa shape index (κ3) is 2.64. The van der Waals surface area contributed by atoms with E-state index in [1.165, 1.54) is 4.90 Å². The predicted molar refractivity (Wildman–Crippen MR) is 73.0 cm³/mol. The highest BCUT2D eigenvalue weighted by Gasteiger charge is 2.39. The van der Waals surface area contributed by atoms with Gasteiger partial charge in [0.15, 0.2) is 0 Å². The molecule has 1 aromatic rings. The molecule has 2 atom stereocenters. The van der Waals surface area contributed by atoms with E-state index in [1.54, 1.807) is 31.3 Å². The zero-order valence-electron chi connectivity index (χ0n) is 11.2. The highest BCUT2D eigenvalue weighted by Crippen LogP contribution is 2.34. The molecule has 104 valence electrons. The van der Waals surface area contributed by atoms with E-state index in [0.717, 1.165) is 6.42 Å². The van der Waals surface area contributed by atoms with Gasteiger partial charge < -0.3 is 10.0 Å². The zero-order valence-corrected chi connectivity index (χ0v) is 11.2. The number of carboxylic acid groups (broad SMARTS) is 1. The number of carbonyl (C=O) groups is 2. The lowest BCUT2D eigenvalue weighted by molar-refractivity contribution is -0.145. The number of nitriles is 1. The summed E-state index contributed by atoms with van der Waals surface area (Å²) in [7, 11) is 1.64. The lowest BCUT2D eigenvalue weighted by Gasteiger charge is -2.23. The zero-order chi connectivity index (χ0) is 14.7. The summed E-state index contributed by atoms with van der Waals surface area (Å²) in [5.74, 6) is -2.09. The van der Waals surface area contributed by atoms with Gasteiger partial charge in [-0.15, -0.1) is 0 Å². The molecule has 5 heteroatoms. The third-order valence-corrected chi connectivity index (χ3v) is 3.86. The molecule has 5 nitrogen and oxygen atoms in total. The highest BCUT2D eigenvalue weighted by molar-refractivity contribution is 5.97. The van der Waals surface area contributed by atoms with Crippen LogP contribution in [-0.4, -0.2) is 24.0 Å². The van der Waals surface area contributed by atoms with E-state index in [2.05, 4.69) is 0 Å². The predicted octanol–water partition coefficient (Wildman–Crippen LogP) is 2.02. The van der Waals surface area contributed by atoms with Gasteiger partial charge in [-0.2, -0.15) is 5.26 Å². The molecule has 1 amide bonds. The van der Waals surface area contributed by atoms with Crippen molar-refractivity contribution in [1.29, 1.82) is 5.26 Å². The summed E-state index contributed by atoms with van der Waals surface area (Å²) in [5.41, 5.74) is 1.20. The Morgan fingerprint density at radius 3 is 2.40 bits per heavy atom. The minimum atomic E-state index is -0.894. The average Bonchev–Trinajstić information content (AvgIpc) is 2.95. The quantitative estimate of drug-likeness (QED) is 0.912. The van der Waals surface area contributed by atoms with Crippen LogP contribution in [0.3, 0.4) is 0 Å². The maximum Gasteiger partial charge on any atom is 0.307 e. The molecule has 0 radical (unpaired) electrons. The van der Waals surface area contributed by atoms with Crippen LogP contribution in [0.1, 0.15) is 24.8 Å². The summed E-state index contributed by atoms with van der Waals surface area (Å²) >= 11 is 0. The molecule has 1 saturated carbocycles. The minimum Gasteiger partial charge on any atom is -0.481 e. The number of carboxylic acids is 1. The maximum atomic E-state index is 12.4. The first-order valence-electron chi connectivity index (χ1n) is 6.55. The number of aliphatic carboxylic acids is 1. The van der Waals surface area contributed by atoms with Crippen molar-refractivity contribution in [2.45, 2.75) is 19.3 Å². The first kappa shape index (κ1) is 14.1. The van der Waals surface area contributed by atoms with Crippen molar-refractivity contribution in [2.24, 2.45) is 11.8 Å². The molecule has 0 aromatic heterocycles. The molecule has 0 aliphatic heterocycles. The van der Waals surface area contributed by atoms with E-state index in [-0.39, 0.29) is 5.91 Å². The molecular formula is C15H16N2O3. The monoisotopic (exact) mass is 272 g/mol. The van der Waals surface area contributed by atoms with Gasteiger partial charge >= 0.3 is 5.97 Å². The topological polar surface area (TPSA) is 81.4 Å². The standard InChI is InChI=1S/C15H16N2O3/c1-17(11-7-5-10(9-16)6-8-11)14(18)12-3-2-4-13(12)15(19)20/h5-8,12-13H,2-4H2,1H3,(H,19,20)/t12-,13+/m1/s1. The van der Waals surface area contributed by atoms with Crippen LogP contribution in [-0.2, 0) is 9.59 Å². The molecule has 0 spiro atoms.